The maximum Gasteiger partial charge on any atom is 0.328 e. The number of likely N-dealkylation sites (N-methyl/N-ethyl adjacent to an activating group) is 1. The number of rotatable bonds is 5. The average Bonchev–Trinajstić information content (AvgIpc) is 2.89. The predicted molar refractivity (Wildman–Crippen MR) is 78.7 cm³/mol. The van der Waals surface area contributed by atoms with Crippen molar-refractivity contribution in [3.63, 3.8) is 0 Å². The van der Waals surface area contributed by atoms with Gasteiger partial charge in [-0.2, -0.15) is 0 Å². The molecule has 2 heterocycles. The number of carbonyl (C=O) groups is 3. The van der Waals surface area contributed by atoms with Crippen LogP contribution in [0.4, 0.5) is 0 Å². The van der Waals surface area contributed by atoms with Gasteiger partial charge in [0.2, 0.25) is 0 Å². The minimum absolute atomic E-state index is 0.332. The fourth-order valence-corrected chi connectivity index (χ4v) is 3.01. The van der Waals surface area contributed by atoms with Crippen molar-refractivity contribution < 1.29 is 19.5 Å². The Morgan fingerprint density at radius 2 is 2.00 bits per heavy atom. The van der Waals surface area contributed by atoms with Gasteiger partial charge in [0.05, 0.1) is 6.54 Å². The standard InChI is InChI=1S/C14H16N2O4S/c1-2-15-6-7-16(14(20)13(15)19)9-11-10(5-8-21-11)3-4-12(17)18/h3-5,8H,2,6-7,9H2,1H3,(H,17,18). The van der Waals surface area contributed by atoms with Crippen LogP contribution in [0.1, 0.15) is 17.4 Å². The molecule has 112 valence electrons. The lowest BCUT2D eigenvalue weighted by Crippen LogP contribution is -2.53. The first-order valence-corrected chi connectivity index (χ1v) is 7.46. The first-order valence-electron chi connectivity index (χ1n) is 6.58. The lowest BCUT2D eigenvalue weighted by atomic mass is 10.2. The smallest absolute Gasteiger partial charge is 0.328 e. The molecule has 21 heavy (non-hydrogen) atoms. The van der Waals surface area contributed by atoms with E-state index in [0.717, 1.165) is 16.5 Å². The van der Waals surface area contributed by atoms with Gasteiger partial charge >= 0.3 is 17.8 Å². The molecule has 6 nitrogen and oxygen atoms in total. The Morgan fingerprint density at radius 1 is 1.33 bits per heavy atom. The average molecular weight is 308 g/mol. The van der Waals surface area contributed by atoms with Crippen LogP contribution in [0.25, 0.3) is 6.08 Å². The summed E-state index contributed by atoms with van der Waals surface area (Å²) in [5.41, 5.74) is 0.764. The molecule has 1 saturated heterocycles. The first kappa shape index (κ1) is 15.2. The van der Waals surface area contributed by atoms with E-state index < -0.39 is 17.8 Å². The van der Waals surface area contributed by atoms with Crippen molar-refractivity contribution in [3.05, 3.63) is 28.0 Å². The molecule has 7 heteroatoms. The summed E-state index contributed by atoms with van der Waals surface area (Å²) in [6.45, 7) is 3.74. The molecule has 0 bridgehead atoms. The van der Waals surface area contributed by atoms with Gasteiger partial charge in [0, 0.05) is 30.6 Å². The Bertz CT molecular complexity index is 594. The second kappa shape index (κ2) is 6.53. The van der Waals surface area contributed by atoms with E-state index in [0.29, 0.717) is 26.2 Å². The van der Waals surface area contributed by atoms with E-state index in [-0.39, 0.29) is 0 Å². The van der Waals surface area contributed by atoms with Gasteiger partial charge in [0.1, 0.15) is 0 Å². The summed E-state index contributed by atoms with van der Waals surface area (Å²) in [7, 11) is 0. The van der Waals surface area contributed by atoms with E-state index in [4.69, 9.17) is 5.11 Å². The van der Waals surface area contributed by atoms with Crippen LogP contribution in [0.3, 0.4) is 0 Å². The summed E-state index contributed by atoms with van der Waals surface area (Å²) in [6, 6.07) is 1.80. The molecule has 2 amide bonds. The maximum absolute atomic E-state index is 12.0. The van der Waals surface area contributed by atoms with Crippen molar-refractivity contribution in [3.8, 4) is 0 Å². The van der Waals surface area contributed by atoms with Gasteiger partial charge in [-0.05, 0) is 30.0 Å². The summed E-state index contributed by atoms with van der Waals surface area (Å²) in [5.74, 6) is -1.98. The van der Waals surface area contributed by atoms with E-state index in [1.54, 1.807) is 6.07 Å². The highest BCUT2D eigenvalue weighted by molar-refractivity contribution is 7.10. The largest absolute Gasteiger partial charge is 0.478 e. The topological polar surface area (TPSA) is 77.9 Å². The van der Waals surface area contributed by atoms with Crippen molar-refractivity contribution >= 4 is 35.2 Å². The zero-order valence-corrected chi connectivity index (χ0v) is 12.4. The third-order valence-electron chi connectivity index (χ3n) is 3.30. The van der Waals surface area contributed by atoms with Crippen LogP contribution in [-0.4, -0.2) is 52.3 Å². The molecule has 1 aliphatic heterocycles. The molecule has 0 aromatic carbocycles. The Balaban J connectivity index is 2.09. The fraction of sp³-hybridized carbons (Fsp3) is 0.357. The van der Waals surface area contributed by atoms with Gasteiger partial charge in [-0.15, -0.1) is 11.3 Å². The van der Waals surface area contributed by atoms with Crippen LogP contribution in [0.15, 0.2) is 17.5 Å². The van der Waals surface area contributed by atoms with E-state index in [1.807, 2.05) is 12.3 Å². The van der Waals surface area contributed by atoms with E-state index >= 15 is 0 Å². The summed E-state index contributed by atoms with van der Waals surface area (Å²) in [5, 5.41) is 10.5. The Morgan fingerprint density at radius 3 is 2.67 bits per heavy atom. The lowest BCUT2D eigenvalue weighted by molar-refractivity contribution is -0.156. The first-order chi connectivity index (χ1) is 10.0. The van der Waals surface area contributed by atoms with Crippen LogP contribution in [-0.2, 0) is 20.9 Å². The third kappa shape index (κ3) is 3.49. The Labute approximate surface area is 126 Å². The number of carbonyl (C=O) groups excluding carboxylic acids is 2. The molecular weight excluding hydrogens is 292 g/mol. The zero-order valence-electron chi connectivity index (χ0n) is 11.6. The SMILES string of the molecule is CCN1CCN(Cc2sccc2C=CC(=O)O)C(=O)C1=O. The second-order valence-electron chi connectivity index (χ2n) is 4.58. The summed E-state index contributed by atoms with van der Waals surface area (Å²) in [4.78, 5) is 38.3. The number of thiophene rings is 1. The van der Waals surface area contributed by atoms with Crippen LogP contribution < -0.4 is 0 Å². The Kier molecular flexibility index (Phi) is 4.74. The number of carboxylic acids is 1. The fourth-order valence-electron chi connectivity index (χ4n) is 2.13. The van der Waals surface area contributed by atoms with Crippen LogP contribution in [0.2, 0.25) is 0 Å². The Hall–Kier alpha value is -2.15. The predicted octanol–water partition coefficient (Wildman–Crippen LogP) is 1.04. The van der Waals surface area contributed by atoms with Crippen molar-refractivity contribution in [1.82, 2.24) is 9.80 Å². The molecule has 1 aromatic rings. The number of aliphatic carboxylic acids is 1. The van der Waals surface area contributed by atoms with Crippen LogP contribution >= 0.6 is 11.3 Å². The molecule has 1 aromatic heterocycles. The molecule has 0 atom stereocenters. The monoisotopic (exact) mass is 308 g/mol. The number of amides is 2. The normalized spacial score (nSPS) is 16.0. The number of piperazine rings is 1. The summed E-state index contributed by atoms with van der Waals surface area (Å²) >= 11 is 1.44. The van der Waals surface area contributed by atoms with Gasteiger partial charge < -0.3 is 14.9 Å². The minimum Gasteiger partial charge on any atom is -0.478 e. The number of carboxylic acid groups (broad SMARTS) is 1. The van der Waals surface area contributed by atoms with Gasteiger partial charge in [0.15, 0.2) is 0 Å². The van der Waals surface area contributed by atoms with Gasteiger partial charge in [-0.3, -0.25) is 9.59 Å². The van der Waals surface area contributed by atoms with Gasteiger partial charge in [-0.25, -0.2) is 4.79 Å². The van der Waals surface area contributed by atoms with E-state index in [1.165, 1.54) is 27.2 Å². The van der Waals surface area contributed by atoms with E-state index in [2.05, 4.69) is 0 Å². The summed E-state index contributed by atoms with van der Waals surface area (Å²) < 4.78 is 0. The quantitative estimate of drug-likeness (QED) is 0.651. The van der Waals surface area contributed by atoms with Gasteiger partial charge in [-0.1, -0.05) is 0 Å². The van der Waals surface area contributed by atoms with Crippen molar-refractivity contribution in [2.24, 2.45) is 0 Å². The van der Waals surface area contributed by atoms with E-state index in [9.17, 15) is 14.4 Å². The molecule has 2 rings (SSSR count). The zero-order chi connectivity index (χ0) is 15.4. The molecule has 0 aliphatic carbocycles. The molecule has 0 radical (unpaired) electrons. The third-order valence-corrected chi connectivity index (χ3v) is 4.22. The van der Waals surface area contributed by atoms with Gasteiger partial charge in [0.25, 0.3) is 0 Å². The maximum atomic E-state index is 12.0. The van der Waals surface area contributed by atoms with Crippen molar-refractivity contribution in [2.75, 3.05) is 19.6 Å². The highest BCUT2D eigenvalue weighted by Gasteiger charge is 2.31. The van der Waals surface area contributed by atoms with Crippen molar-refractivity contribution in [1.29, 1.82) is 0 Å². The lowest BCUT2D eigenvalue weighted by Gasteiger charge is -2.33. The number of nitrogens with zero attached hydrogens (tertiary/aromatic N) is 2. The van der Waals surface area contributed by atoms with Crippen molar-refractivity contribution in [2.45, 2.75) is 13.5 Å². The minimum atomic E-state index is -1.02. The molecular formula is C14H16N2O4S. The molecule has 1 N–H and O–H groups in total. The second-order valence-corrected chi connectivity index (χ2v) is 5.58. The summed E-state index contributed by atoms with van der Waals surface area (Å²) in [6.07, 6.45) is 2.57. The number of hydrogen-bond donors (Lipinski definition) is 1. The highest BCUT2D eigenvalue weighted by Crippen LogP contribution is 2.21. The van der Waals surface area contributed by atoms with Crippen LogP contribution in [0, 0.1) is 0 Å². The molecule has 1 aliphatic rings. The molecule has 0 spiro atoms. The molecule has 0 saturated carbocycles. The van der Waals surface area contributed by atoms with Crippen LogP contribution in [0.5, 0.6) is 0 Å². The number of hydrogen-bond acceptors (Lipinski definition) is 4. The molecule has 0 unspecified atom stereocenters. The highest BCUT2D eigenvalue weighted by atomic mass is 32.1. The molecule has 1 fully saturated rings.